The Balaban J connectivity index is 1.68. The van der Waals surface area contributed by atoms with Crippen LogP contribution >= 0.6 is 0 Å². The predicted octanol–water partition coefficient (Wildman–Crippen LogP) is 2.03. The monoisotopic (exact) mass is 445 g/mol. The largest absolute Gasteiger partial charge is 0.463 e. The average molecular weight is 445 g/mol. The van der Waals surface area contributed by atoms with E-state index in [2.05, 4.69) is 10.3 Å². The number of carbonyl (C=O) groups excluding carboxylic acids is 2. The third-order valence-electron chi connectivity index (χ3n) is 5.28. The second kappa shape index (κ2) is 8.97. The van der Waals surface area contributed by atoms with Gasteiger partial charge in [0.2, 0.25) is 0 Å². The van der Waals surface area contributed by atoms with Crippen LogP contribution in [0.5, 0.6) is 0 Å². The van der Waals surface area contributed by atoms with Gasteiger partial charge in [0.1, 0.15) is 36.7 Å². The molecule has 2 fully saturated rings. The molecule has 10 nitrogen and oxygen atoms in total. The fourth-order valence-corrected chi connectivity index (χ4v) is 4.03. The summed E-state index contributed by atoms with van der Waals surface area (Å²) < 4.78 is 30.2. The first-order chi connectivity index (χ1) is 15.3. The number of hydrogen-bond donors (Lipinski definition) is 0. The molecule has 0 spiro atoms. The van der Waals surface area contributed by atoms with E-state index < -0.39 is 42.1 Å². The number of rotatable bonds is 7. The summed E-state index contributed by atoms with van der Waals surface area (Å²) in [5.74, 6) is -1.84. The van der Waals surface area contributed by atoms with Crippen molar-refractivity contribution >= 4 is 11.9 Å². The van der Waals surface area contributed by atoms with Crippen LogP contribution in [0.3, 0.4) is 0 Å². The van der Waals surface area contributed by atoms with Gasteiger partial charge in [0.25, 0.3) is 0 Å². The van der Waals surface area contributed by atoms with Crippen LogP contribution in [-0.2, 0) is 35.0 Å². The molecule has 32 heavy (non-hydrogen) atoms. The average Bonchev–Trinajstić information content (AvgIpc) is 3.38. The molecule has 172 valence electrons. The van der Waals surface area contributed by atoms with Crippen molar-refractivity contribution in [1.82, 2.24) is 15.0 Å². The molecule has 2 unspecified atom stereocenters. The van der Waals surface area contributed by atoms with Crippen LogP contribution in [-0.4, -0.2) is 64.2 Å². The molecule has 4 rings (SSSR count). The summed E-state index contributed by atoms with van der Waals surface area (Å²) in [6.45, 7) is 7.19. The third kappa shape index (κ3) is 4.52. The second-order valence-electron chi connectivity index (χ2n) is 8.15. The minimum absolute atomic E-state index is 0.000662. The molecule has 0 bridgehead atoms. The Labute approximate surface area is 185 Å². The summed E-state index contributed by atoms with van der Waals surface area (Å²) in [6.07, 6.45) is -2.37. The van der Waals surface area contributed by atoms with Gasteiger partial charge in [-0.05, 0) is 26.3 Å². The zero-order chi connectivity index (χ0) is 22.9. The molecule has 10 heteroatoms. The summed E-state index contributed by atoms with van der Waals surface area (Å²) in [6, 6.07) is 9.60. The maximum Gasteiger partial charge on any atom is 0.358 e. The zero-order valence-electron chi connectivity index (χ0n) is 18.5. The van der Waals surface area contributed by atoms with Gasteiger partial charge in [-0.15, -0.1) is 5.10 Å². The first kappa shape index (κ1) is 22.4. The number of benzene rings is 1. The highest BCUT2D eigenvalue weighted by atomic mass is 16.8. The number of esters is 2. The van der Waals surface area contributed by atoms with Crippen molar-refractivity contribution in [3.8, 4) is 0 Å². The second-order valence-corrected chi connectivity index (χ2v) is 8.15. The van der Waals surface area contributed by atoms with E-state index in [-0.39, 0.29) is 18.9 Å². The Morgan fingerprint density at radius 2 is 1.84 bits per heavy atom. The van der Waals surface area contributed by atoms with Gasteiger partial charge in [-0.3, -0.25) is 4.79 Å². The van der Waals surface area contributed by atoms with Crippen LogP contribution < -0.4 is 0 Å². The minimum Gasteiger partial charge on any atom is -0.463 e. The van der Waals surface area contributed by atoms with Crippen molar-refractivity contribution in [1.29, 1.82) is 0 Å². The van der Waals surface area contributed by atoms with Crippen molar-refractivity contribution in [2.75, 3.05) is 13.2 Å². The molecule has 1 aromatic carbocycles. The highest BCUT2D eigenvalue weighted by molar-refractivity contribution is 5.89. The standard InChI is InChI=1S/C22H27N3O7/c1-5-28-21(27)17-16(23-24-25(17)11-14-9-7-6-8-10-14)19-20-18(31-22(3,4)32-20)15(30-19)12-29-13(2)26/h6-10,15,18-20H,5,11-12H2,1-4H3/t15-,18?,19+,20?/m1/s1. The quantitative estimate of drug-likeness (QED) is 0.591. The lowest BCUT2D eigenvalue weighted by molar-refractivity contribution is -0.194. The zero-order valence-corrected chi connectivity index (χ0v) is 18.5. The topological polar surface area (TPSA) is 111 Å². The van der Waals surface area contributed by atoms with Gasteiger partial charge in [-0.1, -0.05) is 35.5 Å². The van der Waals surface area contributed by atoms with Crippen molar-refractivity contribution in [2.45, 2.75) is 64.4 Å². The number of aromatic nitrogens is 3. The smallest absolute Gasteiger partial charge is 0.358 e. The molecule has 2 aliphatic rings. The first-order valence-corrected chi connectivity index (χ1v) is 10.6. The fourth-order valence-electron chi connectivity index (χ4n) is 4.03. The number of ether oxygens (including phenoxy) is 5. The van der Waals surface area contributed by atoms with E-state index >= 15 is 0 Å². The molecule has 2 aromatic rings. The summed E-state index contributed by atoms with van der Waals surface area (Å²) in [7, 11) is 0. The summed E-state index contributed by atoms with van der Waals surface area (Å²) >= 11 is 0. The van der Waals surface area contributed by atoms with Crippen LogP contribution in [0, 0.1) is 0 Å². The van der Waals surface area contributed by atoms with Crippen molar-refractivity contribution in [2.24, 2.45) is 0 Å². The maximum atomic E-state index is 12.9. The molecule has 0 amide bonds. The van der Waals surface area contributed by atoms with Crippen molar-refractivity contribution in [3.05, 3.63) is 47.3 Å². The number of carbonyl (C=O) groups is 2. The Kier molecular flexibility index (Phi) is 6.27. The Hall–Kier alpha value is -2.82. The molecule has 2 aliphatic heterocycles. The minimum atomic E-state index is -0.865. The molecule has 0 saturated carbocycles. The molecular weight excluding hydrogens is 418 g/mol. The van der Waals surface area contributed by atoms with Gasteiger partial charge in [-0.2, -0.15) is 0 Å². The fraction of sp³-hybridized carbons (Fsp3) is 0.545. The molecule has 1 aromatic heterocycles. The van der Waals surface area contributed by atoms with Gasteiger partial charge in [0.15, 0.2) is 11.5 Å². The molecule has 4 atom stereocenters. The lowest BCUT2D eigenvalue weighted by Crippen LogP contribution is -2.33. The van der Waals surface area contributed by atoms with E-state index in [1.54, 1.807) is 20.8 Å². The molecule has 0 N–H and O–H groups in total. The molecular formula is C22H27N3O7. The Bertz CT molecular complexity index is 975. The van der Waals surface area contributed by atoms with E-state index in [1.807, 2.05) is 30.3 Å². The van der Waals surface area contributed by atoms with Crippen LogP contribution in [0.2, 0.25) is 0 Å². The SMILES string of the molecule is CCOC(=O)c1c([C@@H]2O[C@H](COC(C)=O)C3OC(C)(C)OC32)nnn1Cc1ccccc1. The molecule has 0 radical (unpaired) electrons. The number of hydrogen-bond acceptors (Lipinski definition) is 9. The normalized spacial score (nSPS) is 26.0. The molecule has 2 saturated heterocycles. The summed E-state index contributed by atoms with van der Waals surface area (Å²) in [5.41, 5.74) is 1.45. The highest BCUT2D eigenvalue weighted by Gasteiger charge is 2.57. The first-order valence-electron chi connectivity index (χ1n) is 10.6. The van der Waals surface area contributed by atoms with Crippen molar-refractivity contribution < 1.29 is 33.3 Å². The van der Waals surface area contributed by atoms with Gasteiger partial charge < -0.3 is 23.7 Å². The Morgan fingerprint density at radius 1 is 1.12 bits per heavy atom. The van der Waals surface area contributed by atoms with E-state index in [1.165, 1.54) is 11.6 Å². The van der Waals surface area contributed by atoms with E-state index in [0.717, 1.165) is 5.56 Å². The maximum absolute atomic E-state index is 12.9. The molecule has 0 aliphatic carbocycles. The van der Waals surface area contributed by atoms with Crippen LogP contribution in [0.25, 0.3) is 0 Å². The summed E-state index contributed by atoms with van der Waals surface area (Å²) in [4.78, 5) is 24.2. The number of fused-ring (bicyclic) bond motifs is 1. The van der Waals surface area contributed by atoms with E-state index in [0.29, 0.717) is 12.2 Å². The van der Waals surface area contributed by atoms with Crippen LogP contribution in [0.4, 0.5) is 0 Å². The molecule has 3 heterocycles. The lowest BCUT2D eigenvalue weighted by Gasteiger charge is -2.23. The van der Waals surface area contributed by atoms with Gasteiger partial charge >= 0.3 is 11.9 Å². The Morgan fingerprint density at radius 3 is 2.53 bits per heavy atom. The predicted molar refractivity (Wildman–Crippen MR) is 110 cm³/mol. The van der Waals surface area contributed by atoms with E-state index in [4.69, 9.17) is 23.7 Å². The van der Waals surface area contributed by atoms with Gasteiger partial charge in [0.05, 0.1) is 13.2 Å². The van der Waals surface area contributed by atoms with Crippen LogP contribution in [0.15, 0.2) is 30.3 Å². The highest BCUT2D eigenvalue weighted by Crippen LogP contribution is 2.45. The third-order valence-corrected chi connectivity index (χ3v) is 5.28. The lowest BCUT2D eigenvalue weighted by atomic mass is 10.0. The van der Waals surface area contributed by atoms with Crippen molar-refractivity contribution in [3.63, 3.8) is 0 Å². The van der Waals surface area contributed by atoms with E-state index in [9.17, 15) is 9.59 Å². The summed E-state index contributed by atoms with van der Waals surface area (Å²) in [5, 5.41) is 8.49. The number of nitrogens with zero attached hydrogens (tertiary/aromatic N) is 3. The van der Waals surface area contributed by atoms with Gasteiger partial charge in [0, 0.05) is 6.92 Å². The van der Waals surface area contributed by atoms with Crippen LogP contribution in [0.1, 0.15) is 55.5 Å². The van der Waals surface area contributed by atoms with Gasteiger partial charge in [-0.25, -0.2) is 9.48 Å².